The Kier molecular flexibility index (Phi) is 6.91. The molecular weight excluding hydrogens is 158 g/mol. The molecule has 0 saturated heterocycles. The second-order valence-electron chi connectivity index (χ2n) is 1.61. The number of carbonyl (C=O) groups is 1. The fourth-order valence-electron chi connectivity index (χ4n) is 0.258. The second kappa shape index (κ2) is 5.09. The fourth-order valence-corrected chi connectivity index (χ4v) is 0.258. The van der Waals surface area contributed by atoms with Crippen LogP contribution in [0.4, 0.5) is 0 Å². The van der Waals surface area contributed by atoms with E-state index in [1.807, 2.05) is 0 Å². The molecule has 0 unspecified atom stereocenters. The minimum atomic E-state index is -1.04. The Morgan fingerprint density at radius 3 is 2.00 bits per heavy atom. The molecule has 0 heterocycles. The SMILES string of the molecule is CN(C)CC(=O)[O-].[Cu+]. The van der Waals surface area contributed by atoms with Crippen LogP contribution in [-0.4, -0.2) is 31.5 Å². The predicted octanol–water partition coefficient (Wildman–Crippen LogP) is -1.70. The first-order valence-corrected chi connectivity index (χ1v) is 1.97. The number of aliphatic carboxylic acids is 1. The quantitative estimate of drug-likeness (QED) is 0.458. The smallest absolute Gasteiger partial charge is 0.549 e. The summed E-state index contributed by atoms with van der Waals surface area (Å²) in [4.78, 5) is 11.2. The Morgan fingerprint density at radius 2 is 2.00 bits per heavy atom. The van der Waals surface area contributed by atoms with Gasteiger partial charge < -0.3 is 14.8 Å². The number of carboxylic acid groups (broad SMARTS) is 1. The van der Waals surface area contributed by atoms with E-state index < -0.39 is 5.97 Å². The van der Waals surface area contributed by atoms with Gasteiger partial charge in [0.15, 0.2) is 0 Å². The number of carbonyl (C=O) groups excluding carboxylic acids is 1. The van der Waals surface area contributed by atoms with Gasteiger partial charge in [-0.15, -0.1) is 0 Å². The minimum Gasteiger partial charge on any atom is -0.549 e. The molecule has 0 radical (unpaired) electrons. The Morgan fingerprint density at radius 1 is 1.62 bits per heavy atom. The molecule has 0 fully saturated rings. The van der Waals surface area contributed by atoms with E-state index in [1.54, 1.807) is 14.1 Å². The van der Waals surface area contributed by atoms with E-state index >= 15 is 0 Å². The molecule has 0 rings (SSSR count). The number of carboxylic acids is 1. The topological polar surface area (TPSA) is 43.4 Å². The Balaban J connectivity index is 0. The van der Waals surface area contributed by atoms with Crippen molar-refractivity contribution in [3.63, 3.8) is 0 Å². The van der Waals surface area contributed by atoms with E-state index in [2.05, 4.69) is 0 Å². The summed E-state index contributed by atoms with van der Waals surface area (Å²) in [6.45, 7) is 0. The molecule has 0 aromatic heterocycles. The first kappa shape index (κ1) is 10.8. The molecule has 0 aromatic rings. The average molecular weight is 166 g/mol. The molecule has 0 saturated carbocycles. The molecule has 0 bridgehead atoms. The molecule has 4 heteroatoms. The number of hydrogen-bond acceptors (Lipinski definition) is 3. The van der Waals surface area contributed by atoms with Crippen molar-refractivity contribution < 1.29 is 27.0 Å². The van der Waals surface area contributed by atoms with Gasteiger partial charge in [-0.2, -0.15) is 0 Å². The van der Waals surface area contributed by atoms with Crippen LogP contribution in [0.1, 0.15) is 0 Å². The maximum Gasteiger partial charge on any atom is 1.00 e. The van der Waals surface area contributed by atoms with Crippen molar-refractivity contribution in [2.45, 2.75) is 0 Å². The number of likely N-dealkylation sites (N-methyl/N-ethyl adjacent to an activating group) is 1. The van der Waals surface area contributed by atoms with Gasteiger partial charge in [-0.25, -0.2) is 0 Å². The summed E-state index contributed by atoms with van der Waals surface area (Å²) < 4.78 is 0. The van der Waals surface area contributed by atoms with Crippen LogP contribution >= 0.6 is 0 Å². The zero-order valence-electron chi connectivity index (χ0n) is 4.77. The van der Waals surface area contributed by atoms with Crippen LogP contribution in [0.5, 0.6) is 0 Å². The first-order valence-electron chi connectivity index (χ1n) is 1.97. The van der Waals surface area contributed by atoms with Gasteiger partial charge in [-0.05, 0) is 14.1 Å². The molecule has 0 aliphatic rings. The van der Waals surface area contributed by atoms with Crippen molar-refractivity contribution in [1.82, 2.24) is 4.90 Å². The summed E-state index contributed by atoms with van der Waals surface area (Å²) in [6, 6.07) is 0. The Bertz CT molecular complexity index is 74.4. The maximum absolute atomic E-state index is 9.66. The summed E-state index contributed by atoms with van der Waals surface area (Å²) in [5, 5.41) is 9.66. The van der Waals surface area contributed by atoms with Gasteiger partial charge in [0.25, 0.3) is 0 Å². The average Bonchev–Trinajstić information content (AvgIpc) is 1.27. The van der Waals surface area contributed by atoms with Crippen molar-refractivity contribution in [3.05, 3.63) is 0 Å². The Labute approximate surface area is 59.1 Å². The van der Waals surface area contributed by atoms with Gasteiger partial charge >= 0.3 is 17.1 Å². The van der Waals surface area contributed by atoms with Gasteiger partial charge in [0.1, 0.15) is 0 Å². The fraction of sp³-hybridized carbons (Fsp3) is 0.750. The monoisotopic (exact) mass is 165 g/mol. The van der Waals surface area contributed by atoms with Crippen molar-refractivity contribution in [1.29, 1.82) is 0 Å². The third-order valence-corrected chi connectivity index (χ3v) is 0.445. The van der Waals surface area contributed by atoms with Crippen molar-refractivity contribution >= 4 is 5.97 Å². The van der Waals surface area contributed by atoms with Crippen LogP contribution in [0, 0.1) is 0 Å². The molecule has 0 atom stereocenters. The van der Waals surface area contributed by atoms with Crippen LogP contribution in [0.2, 0.25) is 0 Å². The van der Waals surface area contributed by atoms with Crippen molar-refractivity contribution in [2.75, 3.05) is 20.6 Å². The maximum atomic E-state index is 9.66. The van der Waals surface area contributed by atoms with E-state index in [9.17, 15) is 9.90 Å². The predicted molar refractivity (Wildman–Crippen MR) is 23.6 cm³/mol. The second-order valence-corrected chi connectivity index (χ2v) is 1.61. The summed E-state index contributed by atoms with van der Waals surface area (Å²) in [5.41, 5.74) is 0. The molecule has 0 amide bonds. The summed E-state index contributed by atoms with van der Waals surface area (Å²) in [6.07, 6.45) is 0. The summed E-state index contributed by atoms with van der Waals surface area (Å²) >= 11 is 0. The van der Waals surface area contributed by atoms with Crippen molar-refractivity contribution in [2.24, 2.45) is 0 Å². The summed E-state index contributed by atoms with van der Waals surface area (Å²) in [7, 11) is 3.35. The minimum absolute atomic E-state index is 0. The molecule has 0 aliphatic heterocycles. The van der Waals surface area contributed by atoms with E-state index in [0.717, 1.165) is 0 Å². The summed E-state index contributed by atoms with van der Waals surface area (Å²) in [5.74, 6) is -1.04. The third-order valence-electron chi connectivity index (χ3n) is 0.445. The zero-order chi connectivity index (χ0) is 5.86. The van der Waals surface area contributed by atoms with Crippen LogP contribution in [-0.2, 0) is 21.9 Å². The van der Waals surface area contributed by atoms with Crippen LogP contribution in [0.15, 0.2) is 0 Å². The third kappa shape index (κ3) is 9.34. The number of nitrogens with zero attached hydrogens (tertiary/aromatic N) is 1. The standard InChI is InChI=1S/C4H9NO2.Cu/c1-5(2)3-4(6)7;/h3H2,1-2H3,(H,6,7);/q;+1/p-1. The molecule has 0 N–H and O–H groups in total. The molecule has 3 nitrogen and oxygen atoms in total. The van der Waals surface area contributed by atoms with E-state index in [1.165, 1.54) is 4.90 Å². The Hall–Kier alpha value is -0.0505. The van der Waals surface area contributed by atoms with Crippen LogP contribution < -0.4 is 5.11 Å². The van der Waals surface area contributed by atoms with Crippen molar-refractivity contribution in [3.8, 4) is 0 Å². The largest absolute Gasteiger partial charge is 1.00 e. The van der Waals surface area contributed by atoms with Gasteiger partial charge in [-0.3, -0.25) is 0 Å². The van der Waals surface area contributed by atoms with Crippen LogP contribution in [0.25, 0.3) is 0 Å². The van der Waals surface area contributed by atoms with Gasteiger partial charge in [0.05, 0.1) is 5.97 Å². The van der Waals surface area contributed by atoms with Gasteiger partial charge in [0, 0.05) is 6.54 Å². The molecule has 0 aliphatic carbocycles. The normalized spacial score (nSPS) is 8.38. The molecule has 0 spiro atoms. The number of rotatable bonds is 2. The molecule has 8 heavy (non-hydrogen) atoms. The number of hydrogen-bond donors (Lipinski definition) is 0. The van der Waals surface area contributed by atoms with Gasteiger partial charge in [0.2, 0.25) is 0 Å². The van der Waals surface area contributed by atoms with Gasteiger partial charge in [-0.1, -0.05) is 0 Å². The first-order chi connectivity index (χ1) is 3.13. The molecule has 52 valence electrons. The molecule has 0 aromatic carbocycles. The molecular formula is C4H8CuNO2. The van der Waals surface area contributed by atoms with Crippen LogP contribution in [0.3, 0.4) is 0 Å². The zero-order valence-corrected chi connectivity index (χ0v) is 5.71. The van der Waals surface area contributed by atoms with E-state index in [-0.39, 0.29) is 23.6 Å². The van der Waals surface area contributed by atoms with E-state index in [4.69, 9.17) is 0 Å². The van der Waals surface area contributed by atoms with E-state index in [0.29, 0.717) is 0 Å².